The number of alkyl halides is 3. The van der Waals surface area contributed by atoms with Gasteiger partial charge in [-0.2, -0.15) is 8.78 Å². The van der Waals surface area contributed by atoms with Crippen molar-refractivity contribution < 1.29 is 27.2 Å². The lowest BCUT2D eigenvalue weighted by Gasteiger charge is -2.38. The smallest absolute Gasteiger partial charge is 0.350 e. The molecule has 1 saturated heterocycles. The number of anilines is 1. The number of rotatable bonds is 8. The summed E-state index contributed by atoms with van der Waals surface area (Å²) in [4.78, 5) is 38.2. The highest BCUT2D eigenvalue weighted by Crippen LogP contribution is 2.29. The second-order valence-electron chi connectivity index (χ2n) is 10.9. The molecule has 232 valence electrons. The van der Waals surface area contributed by atoms with Crippen molar-refractivity contribution >= 4 is 28.6 Å². The zero-order valence-electron chi connectivity index (χ0n) is 24.3. The van der Waals surface area contributed by atoms with Gasteiger partial charge in [0.2, 0.25) is 5.89 Å². The van der Waals surface area contributed by atoms with E-state index in [1.165, 1.54) is 20.0 Å². The molecule has 3 aromatic heterocycles. The van der Waals surface area contributed by atoms with Crippen molar-refractivity contribution in [2.75, 3.05) is 31.5 Å². The van der Waals surface area contributed by atoms with Crippen LogP contribution in [0.15, 0.2) is 71.3 Å². The van der Waals surface area contributed by atoms with Gasteiger partial charge in [0.15, 0.2) is 17.1 Å². The molecule has 5 aromatic rings. The van der Waals surface area contributed by atoms with Gasteiger partial charge in [-0.3, -0.25) is 19.5 Å². The average molecular weight is 620 g/mol. The van der Waals surface area contributed by atoms with Crippen molar-refractivity contribution in [3.05, 3.63) is 83.9 Å². The first-order chi connectivity index (χ1) is 21.6. The number of tetrazole rings is 1. The lowest BCUT2D eigenvalue weighted by Crippen LogP contribution is -2.50. The van der Waals surface area contributed by atoms with Crippen molar-refractivity contribution in [3.8, 4) is 11.5 Å². The van der Waals surface area contributed by atoms with Crippen LogP contribution in [0.1, 0.15) is 48.3 Å². The van der Waals surface area contributed by atoms with Gasteiger partial charge in [-0.1, -0.05) is 35.1 Å². The van der Waals surface area contributed by atoms with E-state index in [9.17, 15) is 22.8 Å². The van der Waals surface area contributed by atoms with Gasteiger partial charge in [0.25, 0.3) is 11.8 Å². The molecule has 0 spiro atoms. The summed E-state index contributed by atoms with van der Waals surface area (Å²) in [6.07, 6.45) is 1.49. The molecule has 12 nitrogen and oxygen atoms in total. The molecule has 1 fully saturated rings. The summed E-state index contributed by atoms with van der Waals surface area (Å²) in [5.74, 6) is -0.676. The molecule has 15 heteroatoms. The molecule has 6 rings (SSSR count). The maximum absolute atomic E-state index is 13.9. The summed E-state index contributed by atoms with van der Waals surface area (Å²) in [5, 5.41) is 13.8. The van der Waals surface area contributed by atoms with Crippen LogP contribution in [0, 0.1) is 0 Å². The molecule has 1 atom stereocenters. The molecule has 1 N–H and O–H groups in total. The van der Waals surface area contributed by atoms with Crippen LogP contribution in [-0.2, 0) is 4.79 Å². The fourth-order valence-corrected chi connectivity index (χ4v) is 5.02. The zero-order chi connectivity index (χ0) is 31.7. The monoisotopic (exact) mass is 619 g/mol. The minimum atomic E-state index is -2.91. The van der Waals surface area contributed by atoms with Gasteiger partial charge < -0.3 is 14.6 Å². The Morgan fingerprint density at radius 1 is 1.00 bits per heavy atom. The highest BCUT2D eigenvalue weighted by atomic mass is 19.3. The third-order valence-corrected chi connectivity index (χ3v) is 7.36. The number of hydrogen-bond donors (Lipinski definition) is 1. The fraction of sp³-hybridized carbons (Fsp3) is 0.300. The predicted octanol–water partition coefficient (Wildman–Crippen LogP) is 4.51. The Bertz CT molecular complexity index is 1830. The Balaban J connectivity index is 1.16. The predicted molar refractivity (Wildman–Crippen MR) is 156 cm³/mol. The largest absolute Gasteiger partial charge is 0.436 e. The number of carbonyl (C=O) groups is 2. The lowest BCUT2D eigenvalue weighted by molar-refractivity contribution is -0.125. The number of aromatic nitrogens is 6. The summed E-state index contributed by atoms with van der Waals surface area (Å²) in [5.41, 5.74) is 0.746. The molecule has 0 radical (unpaired) electrons. The Morgan fingerprint density at radius 2 is 1.76 bits per heavy atom. The molecular weight excluding hydrogens is 591 g/mol. The zero-order valence-corrected chi connectivity index (χ0v) is 24.3. The standard InChI is InChI=1S/C30H28F3N9O3/c1-30(2,33)28(44)35-20-8-9-23-21(17-20)36-26(45-23)19-10-11-34-22(16-19)27(43)41-14-12-40(13-15-41)24(18-6-4-3-5-7-18)25-37-39-42(38-25)29(31)32/h3-11,16-17,24,29H,12-15H2,1-2H3,(H,35,44)/t24-/m1/s1. The highest BCUT2D eigenvalue weighted by molar-refractivity contribution is 5.98. The number of nitrogens with one attached hydrogen (secondary N) is 1. The molecule has 2 aromatic carbocycles. The Morgan fingerprint density at radius 3 is 2.44 bits per heavy atom. The first-order valence-electron chi connectivity index (χ1n) is 14.1. The van der Waals surface area contributed by atoms with Crippen LogP contribution in [0.3, 0.4) is 0 Å². The Hall–Kier alpha value is -5.18. The van der Waals surface area contributed by atoms with Crippen LogP contribution < -0.4 is 5.32 Å². The molecule has 45 heavy (non-hydrogen) atoms. The number of nitrogens with zero attached hydrogens (tertiary/aromatic N) is 8. The van der Waals surface area contributed by atoms with E-state index in [4.69, 9.17) is 4.42 Å². The normalized spacial score (nSPS) is 15.0. The van der Waals surface area contributed by atoms with Gasteiger partial charge in [0, 0.05) is 43.6 Å². The fourth-order valence-electron chi connectivity index (χ4n) is 5.02. The van der Waals surface area contributed by atoms with Gasteiger partial charge in [-0.25, -0.2) is 9.37 Å². The van der Waals surface area contributed by atoms with E-state index in [1.54, 1.807) is 35.2 Å². The Labute approximate surface area is 254 Å². The van der Waals surface area contributed by atoms with Crippen molar-refractivity contribution in [1.82, 2.24) is 40.0 Å². The van der Waals surface area contributed by atoms with Crippen LogP contribution >= 0.6 is 0 Å². The second kappa shape index (κ2) is 12.1. The number of carbonyl (C=O) groups excluding carboxylic acids is 2. The minimum absolute atomic E-state index is 0.148. The SMILES string of the molecule is CC(C)(F)C(=O)Nc1ccc2oc(-c3ccnc(C(=O)N4CCN([C@H](c5ccccc5)c5nnn(C(F)F)n5)CC4)c3)nc2c1. The van der Waals surface area contributed by atoms with Crippen LogP contribution in [0.2, 0.25) is 0 Å². The second-order valence-corrected chi connectivity index (χ2v) is 10.9. The van der Waals surface area contributed by atoms with Crippen molar-refractivity contribution in [2.45, 2.75) is 32.1 Å². The molecule has 1 aliphatic heterocycles. The van der Waals surface area contributed by atoms with E-state index in [2.05, 4.69) is 30.7 Å². The molecule has 2 amide bonds. The first-order valence-corrected chi connectivity index (χ1v) is 14.1. The van der Waals surface area contributed by atoms with E-state index in [0.29, 0.717) is 48.5 Å². The summed E-state index contributed by atoms with van der Waals surface area (Å²) >= 11 is 0. The van der Waals surface area contributed by atoms with Crippen molar-refractivity contribution in [1.29, 1.82) is 0 Å². The number of benzene rings is 2. The van der Waals surface area contributed by atoms with Crippen LogP contribution in [0.25, 0.3) is 22.6 Å². The third-order valence-electron chi connectivity index (χ3n) is 7.36. The van der Waals surface area contributed by atoms with Gasteiger partial charge in [0.1, 0.15) is 11.2 Å². The average Bonchev–Trinajstić information content (AvgIpc) is 3.69. The quantitative estimate of drug-likeness (QED) is 0.266. The molecule has 4 heterocycles. The van der Waals surface area contributed by atoms with E-state index < -0.39 is 24.2 Å². The summed E-state index contributed by atoms with van der Waals surface area (Å²) < 4.78 is 46.2. The van der Waals surface area contributed by atoms with Gasteiger partial charge in [-0.15, -0.1) is 10.2 Å². The minimum Gasteiger partial charge on any atom is -0.436 e. The molecule has 0 aliphatic carbocycles. The van der Waals surface area contributed by atoms with Gasteiger partial charge in [0.05, 0.1) is 6.04 Å². The summed E-state index contributed by atoms with van der Waals surface area (Å²) in [7, 11) is 0. The number of amides is 2. The molecular formula is C30H28F3N9O3. The van der Waals surface area contributed by atoms with Crippen LogP contribution in [0.4, 0.5) is 18.9 Å². The van der Waals surface area contributed by atoms with Gasteiger partial charge in [-0.05, 0) is 55.0 Å². The van der Waals surface area contributed by atoms with E-state index in [-0.39, 0.29) is 28.1 Å². The highest BCUT2D eigenvalue weighted by Gasteiger charge is 2.32. The molecule has 0 saturated carbocycles. The number of oxazole rings is 1. The number of halogens is 3. The summed E-state index contributed by atoms with van der Waals surface area (Å²) in [6, 6.07) is 16.8. The van der Waals surface area contributed by atoms with E-state index in [0.717, 1.165) is 5.56 Å². The number of hydrogen-bond acceptors (Lipinski definition) is 9. The first kappa shape index (κ1) is 29.9. The molecule has 1 aliphatic rings. The molecule has 0 unspecified atom stereocenters. The molecule has 0 bridgehead atoms. The number of piperazine rings is 1. The Kier molecular flexibility index (Phi) is 8.01. The lowest BCUT2D eigenvalue weighted by atomic mass is 10.0. The number of fused-ring (bicyclic) bond motifs is 1. The van der Waals surface area contributed by atoms with E-state index >= 15 is 0 Å². The summed E-state index contributed by atoms with van der Waals surface area (Å²) in [6.45, 7) is 0.991. The maximum atomic E-state index is 13.9. The maximum Gasteiger partial charge on any atom is 0.350 e. The topological polar surface area (TPSA) is 135 Å². The van der Waals surface area contributed by atoms with Gasteiger partial charge >= 0.3 is 6.55 Å². The van der Waals surface area contributed by atoms with E-state index in [1.807, 2.05) is 35.2 Å². The number of pyridine rings is 1. The van der Waals surface area contributed by atoms with Crippen molar-refractivity contribution in [3.63, 3.8) is 0 Å². The third kappa shape index (κ3) is 6.38. The van der Waals surface area contributed by atoms with Crippen molar-refractivity contribution in [2.24, 2.45) is 0 Å². The van der Waals surface area contributed by atoms with Crippen LogP contribution in [0.5, 0.6) is 0 Å². The van der Waals surface area contributed by atoms with Crippen LogP contribution in [-0.4, -0.2) is 83.6 Å².